The number of carbonyl (C=O) groups is 1. The highest BCUT2D eigenvalue weighted by atomic mass is 127. The van der Waals surface area contributed by atoms with Gasteiger partial charge in [0.05, 0.1) is 0 Å². The largest absolute Gasteiger partial charge is 0.492 e. The summed E-state index contributed by atoms with van der Waals surface area (Å²) in [5.41, 5.74) is 2.89. The van der Waals surface area contributed by atoms with Crippen LogP contribution in [0.1, 0.15) is 21.5 Å². The molecule has 176 valence electrons. The van der Waals surface area contributed by atoms with Crippen molar-refractivity contribution in [1.82, 2.24) is 20.4 Å². The van der Waals surface area contributed by atoms with Crippen LogP contribution in [0.2, 0.25) is 0 Å². The lowest BCUT2D eigenvalue weighted by Crippen LogP contribution is -2.38. The summed E-state index contributed by atoms with van der Waals surface area (Å²) >= 11 is 0. The van der Waals surface area contributed by atoms with Crippen molar-refractivity contribution in [3.63, 3.8) is 0 Å². The molecular formula is C24H36IN5O2. The number of halogens is 1. The van der Waals surface area contributed by atoms with Gasteiger partial charge in [-0.2, -0.15) is 0 Å². The molecule has 8 heteroatoms. The molecule has 7 nitrogen and oxygen atoms in total. The molecule has 0 heterocycles. The smallest absolute Gasteiger partial charge is 0.253 e. The minimum absolute atomic E-state index is 0. The summed E-state index contributed by atoms with van der Waals surface area (Å²) < 4.78 is 5.93. The molecule has 0 radical (unpaired) electrons. The second-order valence-corrected chi connectivity index (χ2v) is 7.76. The Morgan fingerprint density at radius 3 is 2.47 bits per heavy atom. The summed E-state index contributed by atoms with van der Waals surface area (Å²) in [5, 5.41) is 6.68. The molecule has 2 N–H and O–H groups in total. The quantitative estimate of drug-likeness (QED) is 0.269. The maximum atomic E-state index is 12.1. The van der Waals surface area contributed by atoms with Gasteiger partial charge in [0.2, 0.25) is 0 Å². The SMILES string of the molecule is CN=C(NCCc1cccc(C(=O)N(C)C)c1)NCc1ccccc1OCCN(C)C.I. The van der Waals surface area contributed by atoms with E-state index >= 15 is 0 Å². The Morgan fingerprint density at radius 2 is 1.78 bits per heavy atom. The molecule has 0 saturated heterocycles. The number of guanidine groups is 1. The molecule has 32 heavy (non-hydrogen) atoms. The molecule has 0 spiro atoms. The average Bonchev–Trinajstić information content (AvgIpc) is 2.76. The van der Waals surface area contributed by atoms with Gasteiger partial charge in [-0.25, -0.2) is 0 Å². The van der Waals surface area contributed by atoms with Gasteiger partial charge in [-0.05, 0) is 44.3 Å². The second kappa shape index (κ2) is 14.7. The van der Waals surface area contributed by atoms with E-state index in [9.17, 15) is 4.79 Å². The molecular weight excluding hydrogens is 517 g/mol. The fourth-order valence-corrected chi connectivity index (χ4v) is 2.97. The van der Waals surface area contributed by atoms with Gasteiger partial charge in [0, 0.05) is 51.9 Å². The van der Waals surface area contributed by atoms with E-state index in [4.69, 9.17) is 4.74 Å². The van der Waals surface area contributed by atoms with Crippen molar-refractivity contribution in [2.75, 3.05) is 54.9 Å². The summed E-state index contributed by atoms with van der Waals surface area (Å²) in [6, 6.07) is 15.8. The van der Waals surface area contributed by atoms with E-state index in [1.165, 1.54) is 0 Å². The van der Waals surface area contributed by atoms with Crippen LogP contribution < -0.4 is 15.4 Å². The number of para-hydroxylation sites is 1. The lowest BCUT2D eigenvalue weighted by Gasteiger charge is -2.16. The fourth-order valence-electron chi connectivity index (χ4n) is 2.97. The van der Waals surface area contributed by atoms with Gasteiger partial charge in [0.1, 0.15) is 12.4 Å². The maximum absolute atomic E-state index is 12.1. The molecule has 2 aromatic carbocycles. The minimum atomic E-state index is 0. The maximum Gasteiger partial charge on any atom is 0.253 e. The molecule has 0 aliphatic carbocycles. The lowest BCUT2D eigenvalue weighted by atomic mass is 10.1. The van der Waals surface area contributed by atoms with Crippen molar-refractivity contribution in [3.05, 3.63) is 65.2 Å². The number of likely N-dealkylation sites (N-methyl/N-ethyl adjacent to an activating group) is 1. The Balaban J connectivity index is 0.00000512. The topological polar surface area (TPSA) is 69.2 Å². The summed E-state index contributed by atoms with van der Waals surface area (Å²) in [7, 11) is 9.34. The highest BCUT2D eigenvalue weighted by Crippen LogP contribution is 2.17. The fraction of sp³-hybridized carbons (Fsp3) is 0.417. The zero-order valence-electron chi connectivity index (χ0n) is 19.7. The number of nitrogens with zero attached hydrogens (tertiary/aromatic N) is 3. The van der Waals surface area contributed by atoms with E-state index in [1.807, 2.05) is 56.6 Å². The van der Waals surface area contributed by atoms with Gasteiger partial charge in [0.15, 0.2) is 5.96 Å². The van der Waals surface area contributed by atoms with Gasteiger partial charge in [-0.1, -0.05) is 30.3 Å². The molecule has 2 rings (SSSR count). The van der Waals surface area contributed by atoms with Crippen LogP contribution in [0.5, 0.6) is 5.75 Å². The van der Waals surface area contributed by atoms with Crippen molar-refractivity contribution < 1.29 is 9.53 Å². The van der Waals surface area contributed by atoms with Gasteiger partial charge in [-0.15, -0.1) is 24.0 Å². The minimum Gasteiger partial charge on any atom is -0.492 e. The molecule has 0 bridgehead atoms. The summed E-state index contributed by atoms with van der Waals surface area (Å²) in [5.74, 6) is 1.62. The van der Waals surface area contributed by atoms with Crippen LogP contribution in [-0.4, -0.2) is 76.6 Å². The van der Waals surface area contributed by atoms with Crippen LogP contribution in [-0.2, 0) is 13.0 Å². The van der Waals surface area contributed by atoms with E-state index in [0.717, 1.165) is 35.8 Å². The Kier molecular flexibility index (Phi) is 12.7. The van der Waals surface area contributed by atoms with Crippen LogP contribution in [0, 0.1) is 0 Å². The van der Waals surface area contributed by atoms with Crippen LogP contribution in [0.3, 0.4) is 0 Å². The Bertz CT molecular complexity index is 871. The first-order valence-electron chi connectivity index (χ1n) is 10.5. The molecule has 0 unspecified atom stereocenters. The number of ether oxygens (including phenoxy) is 1. The van der Waals surface area contributed by atoms with Crippen molar-refractivity contribution in [1.29, 1.82) is 0 Å². The van der Waals surface area contributed by atoms with E-state index in [1.54, 1.807) is 26.0 Å². The number of aliphatic imine (C=N–C) groups is 1. The lowest BCUT2D eigenvalue weighted by molar-refractivity contribution is 0.0827. The van der Waals surface area contributed by atoms with Crippen LogP contribution >= 0.6 is 24.0 Å². The third-order valence-electron chi connectivity index (χ3n) is 4.72. The molecule has 0 atom stereocenters. The van der Waals surface area contributed by atoms with E-state index in [-0.39, 0.29) is 29.9 Å². The number of carbonyl (C=O) groups excluding carboxylic acids is 1. The highest BCUT2D eigenvalue weighted by molar-refractivity contribution is 14.0. The monoisotopic (exact) mass is 553 g/mol. The van der Waals surface area contributed by atoms with Crippen molar-refractivity contribution in [3.8, 4) is 5.75 Å². The van der Waals surface area contributed by atoms with E-state index in [2.05, 4.69) is 26.6 Å². The van der Waals surface area contributed by atoms with E-state index in [0.29, 0.717) is 25.3 Å². The number of hydrogen-bond donors (Lipinski definition) is 2. The number of hydrogen-bond acceptors (Lipinski definition) is 4. The predicted octanol–water partition coefficient (Wildman–Crippen LogP) is 2.85. The highest BCUT2D eigenvalue weighted by Gasteiger charge is 2.08. The van der Waals surface area contributed by atoms with Gasteiger partial charge < -0.3 is 25.2 Å². The Hall–Kier alpha value is -2.33. The third-order valence-corrected chi connectivity index (χ3v) is 4.72. The first-order valence-corrected chi connectivity index (χ1v) is 10.5. The first-order chi connectivity index (χ1) is 14.9. The Morgan fingerprint density at radius 1 is 1.03 bits per heavy atom. The third kappa shape index (κ3) is 9.44. The summed E-state index contributed by atoms with van der Waals surface area (Å²) in [6.45, 7) is 2.84. The zero-order valence-corrected chi connectivity index (χ0v) is 22.1. The van der Waals surface area contributed by atoms with Crippen LogP contribution in [0.4, 0.5) is 0 Å². The van der Waals surface area contributed by atoms with Crippen LogP contribution in [0.15, 0.2) is 53.5 Å². The summed E-state index contributed by atoms with van der Waals surface area (Å²) in [6.07, 6.45) is 0.791. The van der Waals surface area contributed by atoms with Gasteiger partial charge in [-0.3, -0.25) is 9.79 Å². The molecule has 0 fully saturated rings. The number of amides is 1. The number of nitrogens with one attached hydrogen (secondary N) is 2. The zero-order chi connectivity index (χ0) is 22.6. The average molecular weight is 553 g/mol. The van der Waals surface area contributed by atoms with Crippen molar-refractivity contribution in [2.24, 2.45) is 4.99 Å². The van der Waals surface area contributed by atoms with E-state index < -0.39 is 0 Å². The molecule has 0 saturated carbocycles. The summed E-state index contributed by atoms with van der Waals surface area (Å²) in [4.78, 5) is 20.1. The molecule has 0 aliphatic heterocycles. The molecule has 0 aliphatic rings. The molecule has 2 aromatic rings. The second-order valence-electron chi connectivity index (χ2n) is 7.76. The van der Waals surface area contributed by atoms with Gasteiger partial charge in [0.25, 0.3) is 5.91 Å². The molecule has 0 aromatic heterocycles. The predicted molar refractivity (Wildman–Crippen MR) is 142 cm³/mol. The van der Waals surface area contributed by atoms with Gasteiger partial charge >= 0.3 is 0 Å². The molecule has 1 amide bonds. The van der Waals surface area contributed by atoms with Crippen molar-refractivity contribution >= 4 is 35.8 Å². The van der Waals surface area contributed by atoms with Crippen LogP contribution in [0.25, 0.3) is 0 Å². The first kappa shape index (κ1) is 27.7. The Labute approximate surface area is 209 Å². The number of benzene rings is 2. The standard InChI is InChI=1S/C24H35N5O2.HI/c1-25-24(26-14-13-19-9-8-11-20(17-19)23(30)29(4)5)27-18-21-10-6-7-12-22(21)31-16-15-28(2)3;/h6-12,17H,13-16,18H2,1-5H3,(H2,25,26,27);1H. The normalized spacial score (nSPS) is 11.0. The number of rotatable bonds is 10. The van der Waals surface area contributed by atoms with Crippen molar-refractivity contribution in [2.45, 2.75) is 13.0 Å².